The normalized spacial score (nSPS) is 17.7. The molecule has 1 atom stereocenters. The summed E-state index contributed by atoms with van der Waals surface area (Å²) in [7, 11) is 2.26. The van der Waals surface area contributed by atoms with E-state index >= 15 is 0 Å². The third-order valence-corrected chi connectivity index (χ3v) is 4.77. The third-order valence-electron chi connectivity index (χ3n) is 4.77. The summed E-state index contributed by atoms with van der Waals surface area (Å²) >= 11 is 0. The van der Waals surface area contributed by atoms with Crippen molar-refractivity contribution in [3.63, 3.8) is 0 Å². The Kier molecular flexibility index (Phi) is 6.56. The fourth-order valence-electron chi connectivity index (χ4n) is 3.53. The van der Waals surface area contributed by atoms with Crippen LogP contribution in [-0.2, 0) is 0 Å². The highest BCUT2D eigenvalue weighted by molar-refractivity contribution is 5.54. The van der Waals surface area contributed by atoms with E-state index in [0.29, 0.717) is 6.04 Å². The standard InChI is InChI=1S/C19H32N2/c1-4-14-20-16(2)18-12-8-9-13-19(18)21(3)15-17-10-6-5-7-11-17/h8-9,12-13,16-17,20H,4-7,10-11,14-15H2,1-3H3. The van der Waals surface area contributed by atoms with Gasteiger partial charge >= 0.3 is 0 Å². The van der Waals surface area contributed by atoms with Crippen LogP contribution < -0.4 is 10.2 Å². The van der Waals surface area contributed by atoms with E-state index < -0.39 is 0 Å². The van der Waals surface area contributed by atoms with Gasteiger partial charge in [0.2, 0.25) is 0 Å². The molecule has 1 N–H and O–H groups in total. The Balaban J connectivity index is 2.03. The van der Waals surface area contributed by atoms with Crippen molar-refractivity contribution in [3.8, 4) is 0 Å². The summed E-state index contributed by atoms with van der Waals surface area (Å²) < 4.78 is 0. The molecule has 0 saturated heterocycles. The predicted octanol–water partition coefficient (Wildman–Crippen LogP) is 4.76. The van der Waals surface area contributed by atoms with Crippen molar-refractivity contribution >= 4 is 5.69 Å². The smallest absolute Gasteiger partial charge is 0.0412 e. The second-order valence-electron chi connectivity index (χ2n) is 6.62. The summed E-state index contributed by atoms with van der Waals surface area (Å²) in [5.41, 5.74) is 2.84. The van der Waals surface area contributed by atoms with Gasteiger partial charge in [-0.1, -0.05) is 44.4 Å². The molecule has 21 heavy (non-hydrogen) atoms. The molecule has 2 nitrogen and oxygen atoms in total. The first-order chi connectivity index (χ1) is 10.2. The van der Waals surface area contributed by atoms with Crippen molar-refractivity contribution in [1.29, 1.82) is 0 Å². The van der Waals surface area contributed by atoms with Gasteiger partial charge in [0.05, 0.1) is 0 Å². The number of rotatable bonds is 7. The molecule has 0 amide bonds. The lowest BCUT2D eigenvalue weighted by molar-refractivity contribution is 0.362. The number of benzene rings is 1. The molecule has 1 aromatic rings. The molecule has 1 saturated carbocycles. The van der Waals surface area contributed by atoms with Crippen molar-refractivity contribution in [1.82, 2.24) is 5.32 Å². The number of nitrogens with zero attached hydrogens (tertiary/aromatic N) is 1. The fourth-order valence-corrected chi connectivity index (χ4v) is 3.53. The first kappa shape index (κ1) is 16.4. The zero-order valence-corrected chi connectivity index (χ0v) is 14.1. The van der Waals surface area contributed by atoms with E-state index in [-0.39, 0.29) is 0 Å². The van der Waals surface area contributed by atoms with Crippen LogP contribution in [0.25, 0.3) is 0 Å². The predicted molar refractivity (Wildman–Crippen MR) is 93.0 cm³/mol. The molecule has 118 valence electrons. The average molecular weight is 288 g/mol. The van der Waals surface area contributed by atoms with E-state index in [9.17, 15) is 0 Å². The first-order valence-corrected chi connectivity index (χ1v) is 8.75. The molecule has 1 aliphatic carbocycles. The van der Waals surface area contributed by atoms with Crippen LogP contribution >= 0.6 is 0 Å². The van der Waals surface area contributed by atoms with Crippen LogP contribution in [0, 0.1) is 5.92 Å². The van der Waals surface area contributed by atoms with Gasteiger partial charge in [-0.15, -0.1) is 0 Å². The summed E-state index contributed by atoms with van der Waals surface area (Å²) in [5.74, 6) is 0.885. The molecule has 0 radical (unpaired) electrons. The number of hydrogen-bond acceptors (Lipinski definition) is 2. The maximum atomic E-state index is 3.62. The summed E-state index contributed by atoms with van der Waals surface area (Å²) in [6.07, 6.45) is 8.30. The summed E-state index contributed by atoms with van der Waals surface area (Å²) in [6, 6.07) is 9.32. The SMILES string of the molecule is CCCNC(C)c1ccccc1N(C)CC1CCCCC1. The largest absolute Gasteiger partial charge is 0.374 e. The number of nitrogens with one attached hydrogen (secondary N) is 1. The molecule has 0 spiro atoms. The molecule has 1 aliphatic rings. The Hall–Kier alpha value is -1.02. The second-order valence-corrected chi connectivity index (χ2v) is 6.62. The quantitative estimate of drug-likeness (QED) is 0.778. The minimum absolute atomic E-state index is 0.426. The third kappa shape index (κ3) is 4.74. The maximum absolute atomic E-state index is 3.62. The second kappa shape index (κ2) is 8.43. The zero-order valence-electron chi connectivity index (χ0n) is 14.1. The Morgan fingerprint density at radius 3 is 2.62 bits per heavy atom. The van der Waals surface area contributed by atoms with Gasteiger partial charge in [0.1, 0.15) is 0 Å². The van der Waals surface area contributed by atoms with Crippen LogP contribution in [0.3, 0.4) is 0 Å². The van der Waals surface area contributed by atoms with E-state index in [0.717, 1.165) is 12.5 Å². The van der Waals surface area contributed by atoms with Crippen LogP contribution in [0.1, 0.15) is 64.0 Å². The van der Waals surface area contributed by atoms with Gasteiger partial charge in [0.25, 0.3) is 0 Å². The molecular formula is C19H32N2. The van der Waals surface area contributed by atoms with Crippen molar-refractivity contribution in [2.24, 2.45) is 5.92 Å². The van der Waals surface area contributed by atoms with Gasteiger partial charge in [-0.05, 0) is 50.3 Å². The van der Waals surface area contributed by atoms with Crippen LogP contribution in [0.2, 0.25) is 0 Å². The average Bonchev–Trinajstić information content (AvgIpc) is 2.53. The molecular weight excluding hydrogens is 256 g/mol. The fraction of sp³-hybridized carbons (Fsp3) is 0.684. The van der Waals surface area contributed by atoms with Crippen molar-refractivity contribution in [3.05, 3.63) is 29.8 Å². The van der Waals surface area contributed by atoms with Gasteiger partial charge in [0.15, 0.2) is 0 Å². The highest BCUT2D eigenvalue weighted by atomic mass is 15.1. The van der Waals surface area contributed by atoms with Gasteiger partial charge in [-0.3, -0.25) is 0 Å². The first-order valence-electron chi connectivity index (χ1n) is 8.75. The highest BCUT2D eigenvalue weighted by Gasteiger charge is 2.18. The van der Waals surface area contributed by atoms with Gasteiger partial charge < -0.3 is 10.2 Å². The summed E-state index contributed by atoms with van der Waals surface area (Å²) in [4.78, 5) is 2.48. The molecule has 0 bridgehead atoms. The van der Waals surface area contributed by atoms with Crippen LogP contribution in [-0.4, -0.2) is 20.1 Å². The zero-order chi connectivity index (χ0) is 15.1. The monoisotopic (exact) mass is 288 g/mol. The number of anilines is 1. The van der Waals surface area contributed by atoms with Gasteiger partial charge in [-0.2, -0.15) is 0 Å². The highest BCUT2D eigenvalue weighted by Crippen LogP contribution is 2.29. The maximum Gasteiger partial charge on any atom is 0.0412 e. The minimum Gasteiger partial charge on any atom is -0.374 e. The molecule has 1 fully saturated rings. The van der Waals surface area contributed by atoms with Gasteiger partial charge in [-0.25, -0.2) is 0 Å². The number of para-hydroxylation sites is 1. The van der Waals surface area contributed by atoms with E-state index in [4.69, 9.17) is 0 Å². The summed E-state index contributed by atoms with van der Waals surface area (Å²) in [6.45, 7) is 6.79. The molecule has 0 heterocycles. The van der Waals surface area contributed by atoms with Gasteiger partial charge in [0, 0.05) is 25.3 Å². The van der Waals surface area contributed by atoms with Crippen LogP contribution in [0.4, 0.5) is 5.69 Å². The topological polar surface area (TPSA) is 15.3 Å². The van der Waals surface area contributed by atoms with Crippen molar-refractivity contribution in [2.45, 2.75) is 58.4 Å². The van der Waals surface area contributed by atoms with Crippen LogP contribution in [0.15, 0.2) is 24.3 Å². The molecule has 1 unspecified atom stereocenters. The Labute approximate surface area is 130 Å². The molecule has 2 rings (SSSR count). The van der Waals surface area contributed by atoms with Crippen molar-refractivity contribution in [2.75, 3.05) is 25.0 Å². The van der Waals surface area contributed by atoms with E-state index in [2.05, 4.69) is 55.4 Å². The Bertz CT molecular complexity index is 410. The van der Waals surface area contributed by atoms with E-state index in [1.54, 1.807) is 0 Å². The summed E-state index contributed by atoms with van der Waals surface area (Å²) in [5, 5.41) is 3.62. The number of hydrogen-bond donors (Lipinski definition) is 1. The minimum atomic E-state index is 0.426. The van der Waals surface area contributed by atoms with E-state index in [1.165, 1.54) is 56.3 Å². The van der Waals surface area contributed by atoms with Crippen molar-refractivity contribution < 1.29 is 0 Å². The Morgan fingerprint density at radius 2 is 1.90 bits per heavy atom. The molecule has 1 aromatic carbocycles. The van der Waals surface area contributed by atoms with E-state index in [1.807, 2.05) is 0 Å². The lowest BCUT2D eigenvalue weighted by Gasteiger charge is -2.31. The molecule has 0 aromatic heterocycles. The van der Waals surface area contributed by atoms with Crippen LogP contribution in [0.5, 0.6) is 0 Å². The lowest BCUT2D eigenvalue weighted by atomic mass is 9.89. The lowest BCUT2D eigenvalue weighted by Crippen LogP contribution is -2.29. The molecule has 2 heteroatoms. The molecule has 0 aliphatic heterocycles. The Morgan fingerprint density at radius 1 is 1.19 bits per heavy atom.